The molecule has 1 aromatic carbocycles. The van der Waals surface area contributed by atoms with E-state index < -0.39 is 23.6 Å². The molecule has 0 spiro atoms. The quantitative estimate of drug-likeness (QED) is 0.825. The van der Waals surface area contributed by atoms with Crippen molar-refractivity contribution < 1.29 is 23.1 Å². The molecule has 1 heterocycles. The van der Waals surface area contributed by atoms with Crippen LogP contribution in [0.2, 0.25) is 0 Å². The largest absolute Gasteiger partial charge is 0.481 e. The molecule has 1 aliphatic heterocycles. The van der Waals surface area contributed by atoms with Crippen LogP contribution in [-0.2, 0) is 11.0 Å². The van der Waals surface area contributed by atoms with Crippen molar-refractivity contribution in [2.45, 2.75) is 12.1 Å². The molecule has 1 atom stereocenters. The summed E-state index contributed by atoms with van der Waals surface area (Å²) in [5, 5.41) is 8.96. The second-order valence-electron chi connectivity index (χ2n) is 4.04. The van der Waals surface area contributed by atoms with Crippen molar-refractivity contribution in [2.24, 2.45) is 0 Å². The average molecular weight is 245 g/mol. The van der Waals surface area contributed by atoms with Crippen molar-refractivity contribution in [2.75, 3.05) is 18.5 Å². The Bertz CT molecular complexity index is 470. The Balaban J connectivity index is 2.51. The predicted molar refractivity (Wildman–Crippen MR) is 55.1 cm³/mol. The van der Waals surface area contributed by atoms with E-state index in [2.05, 4.69) is 0 Å². The number of likely N-dealkylation sites (N-methyl/N-ethyl adjacent to an activating group) is 1. The molecule has 0 bridgehead atoms. The molecule has 0 aromatic heterocycles. The second kappa shape index (κ2) is 3.65. The summed E-state index contributed by atoms with van der Waals surface area (Å²) < 4.78 is 37.6. The van der Waals surface area contributed by atoms with E-state index in [9.17, 15) is 18.0 Å². The molecule has 1 aliphatic rings. The van der Waals surface area contributed by atoms with E-state index in [0.29, 0.717) is 5.69 Å². The lowest BCUT2D eigenvalue weighted by atomic mass is 9.99. The summed E-state index contributed by atoms with van der Waals surface area (Å²) >= 11 is 0. The number of carbonyl (C=O) groups is 1. The van der Waals surface area contributed by atoms with Crippen molar-refractivity contribution in [1.29, 1.82) is 0 Å². The third-order valence-electron chi connectivity index (χ3n) is 2.90. The van der Waals surface area contributed by atoms with Gasteiger partial charge in [0.15, 0.2) is 0 Å². The number of alkyl halides is 3. The minimum Gasteiger partial charge on any atom is -0.481 e. The van der Waals surface area contributed by atoms with Gasteiger partial charge in [0.2, 0.25) is 0 Å². The molecule has 0 radical (unpaired) electrons. The first-order chi connectivity index (χ1) is 7.80. The van der Waals surface area contributed by atoms with Gasteiger partial charge in [-0.05, 0) is 23.8 Å². The first-order valence-corrected chi connectivity index (χ1v) is 4.96. The Morgan fingerprint density at radius 1 is 1.47 bits per heavy atom. The number of anilines is 1. The predicted octanol–water partition coefficient (Wildman–Crippen LogP) is 2.32. The van der Waals surface area contributed by atoms with Crippen LogP contribution >= 0.6 is 0 Å². The summed E-state index contributed by atoms with van der Waals surface area (Å²) in [4.78, 5) is 12.6. The molecule has 0 saturated carbocycles. The number of carboxylic acids is 1. The Hall–Kier alpha value is -1.72. The van der Waals surface area contributed by atoms with E-state index in [1.807, 2.05) is 0 Å². The van der Waals surface area contributed by atoms with Gasteiger partial charge in [-0.1, -0.05) is 0 Å². The topological polar surface area (TPSA) is 40.5 Å². The van der Waals surface area contributed by atoms with Crippen LogP contribution in [0.15, 0.2) is 18.2 Å². The van der Waals surface area contributed by atoms with Crippen LogP contribution in [-0.4, -0.2) is 24.7 Å². The SMILES string of the molecule is CN1CC(C(=O)O)c2cc(C(F)(F)F)ccc21. The zero-order valence-corrected chi connectivity index (χ0v) is 8.95. The number of nitrogens with zero attached hydrogens (tertiary/aromatic N) is 1. The lowest BCUT2D eigenvalue weighted by molar-refractivity contribution is -0.139. The number of benzene rings is 1. The number of aliphatic carboxylic acids is 1. The van der Waals surface area contributed by atoms with Crippen molar-refractivity contribution in [3.8, 4) is 0 Å². The molecule has 1 N–H and O–H groups in total. The molecule has 0 saturated heterocycles. The monoisotopic (exact) mass is 245 g/mol. The van der Waals surface area contributed by atoms with E-state index in [-0.39, 0.29) is 12.1 Å². The van der Waals surface area contributed by atoms with Gasteiger partial charge in [0, 0.05) is 19.3 Å². The van der Waals surface area contributed by atoms with Gasteiger partial charge < -0.3 is 10.0 Å². The van der Waals surface area contributed by atoms with Crippen molar-refractivity contribution in [3.63, 3.8) is 0 Å². The molecule has 0 aliphatic carbocycles. The number of fused-ring (bicyclic) bond motifs is 1. The number of rotatable bonds is 1. The third-order valence-corrected chi connectivity index (χ3v) is 2.90. The van der Waals surface area contributed by atoms with Crippen LogP contribution in [0, 0.1) is 0 Å². The van der Waals surface area contributed by atoms with Crippen molar-refractivity contribution >= 4 is 11.7 Å². The molecule has 0 fully saturated rings. The first-order valence-electron chi connectivity index (χ1n) is 4.96. The zero-order chi connectivity index (χ0) is 12.8. The summed E-state index contributed by atoms with van der Waals surface area (Å²) in [6.45, 7) is 0.200. The summed E-state index contributed by atoms with van der Waals surface area (Å²) in [7, 11) is 1.66. The molecule has 2 rings (SSSR count). The van der Waals surface area contributed by atoms with Crippen molar-refractivity contribution in [3.05, 3.63) is 29.3 Å². The number of halogens is 3. The summed E-state index contributed by atoms with van der Waals surface area (Å²) in [6, 6.07) is 3.22. The first kappa shape index (κ1) is 11.8. The maximum absolute atomic E-state index is 12.5. The summed E-state index contributed by atoms with van der Waals surface area (Å²) in [5.74, 6) is -1.99. The highest BCUT2D eigenvalue weighted by Crippen LogP contribution is 2.39. The molecule has 6 heteroatoms. The van der Waals surface area contributed by atoms with E-state index in [1.54, 1.807) is 11.9 Å². The Morgan fingerprint density at radius 2 is 2.12 bits per heavy atom. The summed E-state index contributed by atoms with van der Waals surface area (Å²) in [6.07, 6.45) is -4.45. The van der Waals surface area contributed by atoms with Gasteiger partial charge in [0.05, 0.1) is 5.56 Å². The molecule has 17 heavy (non-hydrogen) atoms. The maximum Gasteiger partial charge on any atom is 0.416 e. The van der Waals surface area contributed by atoms with Crippen LogP contribution in [0.3, 0.4) is 0 Å². The molecular weight excluding hydrogens is 235 g/mol. The lowest BCUT2D eigenvalue weighted by Gasteiger charge is -2.12. The highest BCUT2D eigenvalue weighted by molar-refractivity contribution is 5.83. The maximum atomic E-state index is 12.5. The second-order valence-corrected chi connectivity index (χ2v) is 4.04. The van der Waals surface area contributed by atoms with Crippen LogP contribution in [0.4, 0.5) is 18.9 Å². The third kappa shape index (κ3) is 1.94. The molecular formula is C11H10F3NO2. The van der Waals surface area contributed by atoms with Crippen LogP contribution < -0.4 is 4.90 Å². The molecule has 1 unspecified atom stereocenters. The molecule has 3 nitrogen and oxygen atoms in total. The van der Waals surface area contributed by atoms with Gasteiger partial charge in [-0.2, -0.15) is 13.2 Å². The Labute approximate surface area is 95.5 Å². The van der Waals surface area contributed by atoms with Gasteiger partial charge in [0.1, 0.15) is 5.92 Å². The standard InChI is InChI=1S/C11H10F3NO2/c1-15-5-8(10(16)17)7-4-6(11(12,13)14)2-3-9(7)15/h2-4,8H,5H2,1H3,(H,16,17). The average Bonchev–Trinajstić information content (AvgIpc) is 2.54. The number of hydrogen-bond acceptors (Lipinski definition) is 2. The van der Waals surface area contributed by atoms with E-state index >= 15 is 0 Å². The summed E-state index contributed by atoms with van der Waals surface area (Å²) in [5.41, 5.74) is -0.0296. The molecule has 0 amide bonds. The van der Waals surface area contributed by atoms with Gasteiger partial charge in [0.25, 0.3) is 0 Å². The van der Waals surface area contributed by atoms with E-state index in [1.165, 1.54) is 6.07 Å². The van der Waals surface area contributed by atoms with Gasteiger partial charge in [-0.25, -0.2) is 0 Å². The van der Waals surface area contributed by atoms with Crippen LogP contribution in [0.25, 0.3) is 0 Å². The fourth-order valence-electron chi connectivity index (χ4n) is 2.04. The fourth-order valence-corrected chi connectivity index (χ4v) is 2.04. The van der Waals surface area contributed by atoms with Gasteiger partial charge in [-0.3, -0.25) is 4.79 Å². The normalized spacial score (nSPS) is 19.3. The van der Waals surface area contributed by atoms with E-state index in [0.717, 1.165) is 12.1 Å². The lowest BCUT2D eigenvalue weighted by Crippen LogP contribution is -2.19. The van der Waals surface area contributed by atoms with E-state index in [4.69, 9.17) is 5.11 Å². The highest BCUT2D eigenvalue weighted by atomic mass is 19.4. The van der Waals surface area contributed by atoms with Gasteiger partial charge in [-0.15, -0.1) is 0 Å². The highest BCUT2D eigenvalue weighted by Gasteiger charge is 2.36. The number of hydrogen-bond donors (Lipinski definition) is 1. The Kier molecular flexibility index (Phi) is 2.52. The fraction of sp³-hybridized carbons (Fsp3) is 0.364. The van der Waals surface area contributed by atoms with Crippen LogP contribution in [0.5, 0.6) is 0 Å². The Morgan fingerprint density at radius 3 is 2.65 bits per heavy atom. The number of carboxylic acid groups (broad SMARTS) is 1. The van der Waals surface area contributed by atoms with Crippen molar-refractivity contribution in [1.82, 2.24) is 0 Å². The smallest absolute Gasteiger partial charge is 0.416 e. The van der Waals surface area contributed by atoms with Gasteiger partial charge >= 0.3 is 12.1 Å². The molecule has 92 valence electrons. The minimum absolute atomic E-state index is 0.200. The zero-order valence-electron chi connectivity index (χ0n) is 8.95. The van der Waals surface area contributed by atoms with Crippen LogP contribution in [0.1, 0.15) is 17.0 Å². The minimum atomic E-state index is -4.45. The molecule has 1 aromatic rings.